The van der Waals surface area contributed by atoms with E-state index >= 15 is 0 Å². The molecule has 29 heavy (non-hydrogen) atoms. The second-order valence-electron chi connectivity index (χ2n) is 8.49. The summed E-state index contributed by atoms with van der Waals surface area (Å²) in [6.07, 6.45) is 4.69. The molecule has 0 saturated heterocycles. The highest BCUT2D eigenvalue weighted by Gasteiger charge is 2.21. The molecule has 3 N–H and O–H groups in total. The van der Waals surface area contributed by atoms with Crippen LogP contribution in [0, 0.1) is 0 Å². The Morgan fingerprint density at radius 3 is 2.83 bits per heavy atom. The Morgan fingerprint density at radius 1 is 1.24 bits per heavy atom. The minimum absolute atomic E-state index is 0.0347. The Hall–Kier alpha value is -2.44. The molecule has 0 radical (unpaired) electrons. The molecule has 0 fully saturated rings. The summed E-state index contributed by atoms with van der Waals surface area (Å²) in [7, 11) is 0. The van der Waals surface area contributed by atoms with E-state index in [0.29, 0.717) is 13.1 Å². The molecule has 1 aliphatic carbocycles. The average molecular weight is 398 g/mol. The first kappa shape index (κ1) is 21.3. The zero-order valence-corrected chi connectivity index (χ0v) is 17.5. The highest BCUT2D eigenvalue weighted by molar-refractivity contribution is 5.67. The second kappa shape index (κ2) is 9.37. The molecule has 1 aromatic heterocycles. The fraction of sp³-hybridized carbons (Fsp3) is 0.478. The third kappa shape index (κ3) is 6.02. The van der Waals surface area contributed by atoms with Gasteiger partial charge in [-0.2, -0.15) is 0 Å². The number of fused-ring (bicyclic) bond motifs is 1. The first-order chi connectivity index (χ1) is 13.9. The number of amides is 1. The van der Waals surface area contributed by atoms with Gasteiger partial charge < -0.3 is 20.5 Å². The number of rotatable bonds is 6. The molecule has 1 aliphatic rings. The van der Waals surface area contributed by atoms with Gasteiger partial charge in [0.05, 0.1) is 18.3 Å². The van der Waals surface area contributed by atoms with E-state index in [4.69, 9.17) is 4.74 Å². The Morgan fingerprint density at radius 2 is 2.07 bits per heavy atom. The molecular weight excluding hydrogens is 366 g/mol. The van der Waals surface area contributed by atoms with Crippen LogP contribution in [-0.2, 0) is 30.9 Å². The number of aliphatic hydroxyl groups excluding tert-OH is 1. The van der Waals surface area contributed by atoms with Crippen LogP contribution in [0.5, 0.6) is 0 Å². The summed E-state index contributed by atoms with van der Waals surface area (Å²) >= 11 is 0. The predicted octanol–water partition coefficient (Wildman–Crippen LogP) is 3.77. The molecule has 1 aromatic carbocycles. The summed E-state index contributed by atoms with van der Waals surface area (Å²) in [5, 5.41) is 15.9. The van der Waals surface area contributed by atoms with E-state index in [9.17, 15) is 9.90 Å². The Balaban J connectivity index is 1.68. The van der Waals surface area contributed by atoms with Crippen LogP contribution in [0.15, 0.2) is 36.5 Å². The van der Waals surface area contributed by atoms with Gasteiger partial charge in [0, 0.05) is 19.3 Å². The maximum Gasteiger partial charge on any atom is 0.407 e. The van der Waals surface area contributed by atoms with Gasteiger partial charge >= 0.3 is 6.09 Å². The van der Waals surface area contributed by atoms with E-state index in [1.807, 2.05) is 51.2 Å². The lowest BCUT2D eigenvalue weighted by molar-refractivity contribution is 0.0523. The molecule has 2 aromatic rings. The van der Waals surface area contributed by atoms with E-state index in [-0.39, 0.29) is 12.6 Å². The van der Waals surface area contributed by atoms with Crippen LogP contribution in [0.25, 0.3) is 0 Å². The minimum Gasteiger partial charge on any atom is -0.444 e. The highest BCUT2D eigenvalue weighted by atomic mass is 16.6. The van der Waals surface area contributed by atoms with E-state index in [2.05, 4.69) is 21.7 Å². The van der Waals surface area contributed by atoms with E-state index in [0.717, 1.165) is 41.6 Å². The minimum atomic E-state index is -0.539. The zero-order chi connectivity index (χ0) is 20.9. The molecule has 6 heteroatoms. The number of ether oxygens (including phenoxy) is 1. The number of nitrogens with zero attached hydrogens (tertiary/aromatic N) is 1. The summed E-state index contributed by atoms with van der Waals surface area (Å²) in [5.74, 6) is 0. The molecule has 0 saturated carbocycles. The maximum absolute atomic E-state index is 12.0. The summed E-state index contributed by atoms with van der Waals surface area (Å²) in [6, 6.07) is 10.2. The number of benzene rings is 1. The van der Waals surface area contributed by atoms with Crippen molar-refractivity contribution in [2.24, 2.45) is 0 Å². The van der Waals surface area contributed by atoms with Gasteiger partial charge in [0.1, 0.15) is 5.60 Å². The van der Waals surface area contributed by atoms with Crippen molar-refractivity contribution >= 4 is 6.09 Å². The standard InChI is InChI=1S/C23H31N3O3/c1-23(2,3)29-22(28)26-14-19-12-16(15-27)9-10-18(19)13-25-20-8-4-6-17-7-5-11-24-21(17)20/h5,7,9-12,20,25,27H,4,6,8,13-15H2,1-3H3,(H,26,28). The van der Waals surface area contributed by atoms with Gasteiger partial charge in [-0.05, 0) is 68.4 Å². The van der Waals surface area contributed by atoms with Crippen molar-refractivity contribution in [3.05, 3.63) is 64.5 Å². The van der Waals surface area contributed by atoms with Gasteiger partial charge in [0.2, 0.25) is 0 Å². The molecule has 6 nitrogen and oxygen atoms in total. The van der Waals surface area contributed by atoms with Gasteiger partial charge in [-0.15, -0.1) is 0 Å². The summed E-state index contributed by atoms with van der Waals surface area (Å²) in [6.45, 7) is 6.49. The molecule has 0 spiro atoms. The van der Waals surface area contributed by atoms with Crippen molar-refractivity contribution in [3.63, 3.8) is 0 Å². The third-order valence-electron chi connectivity index (χ3n) is 5.01. The molecular formula is C23H31N3O3. The molecule has 1 amide bonds. The van der Waals surface area contributed by atoms with Gasteiger partial charge in [0.15, 0.2) is 0 Å². The lowest BCUT2D eigenvalue weighted by Crippen LogP contribution is -2.32. The number of carbonyl (C=O) groups excluding carboxylic acids is 1. The quantitative estimate of drug-likeness (QED) is 0.691. The van der Waals surface area contributed by atoms with E-state index < -0.39 is 11.7 Å². The first-order valence-corrected chi connectivity index (χ1v) is 10.2. The fourth-order valence-electron chi connectivity index (χ4n) is 3.64. The molecule has 1 heterocycles. The first-order valence-electron chi connectivity index (χ1n) is 10.2. The molecule has 0 bridgehead atoms. The predicted molar refractivity (Wildman–Crippen MR) is 112 cm³/mol. The zero-order valence-electron chi connectivity index (χ0n) is 17.5. The normalized spacial score (nSPS) is 16.2. The Bertz CT molecular complexity index is 846. The van der Waals surface area contributed by atoms with Gasteiger partial charge in [-0.25, -0.2) is 4.79 Å². The summed E-state index contributed by atoms with van der Waals surface area (Å²) in [5.41, 5.74) is 4.79. The lowest BCUT2D eigenvalue weighted by Gasteiger charge is -2.26. The van der Waals surface area contributed by atoms with Crippen LogP contribution in [-0.4, -0.2) is 21.8 Å². The molecule has 1 unspecified atom stereocenters. The smallest absolute Gasteiger partial charge is 0.407 e. The van der Waals surface area contributed by atoms with Crippen LogP contribution < -0.4 is 10.6 Å². The van der Waals surface area contributed by atoms with Crippen LogP contribution >= 0.6 is 0 Å². The Labute approximate surface area is 172 Å². The van der Waals surface area contributed by atoms with E-state index in [1.54, 1.807) is 0 Å². The van der Waals surface area contributed by atoms with Gasteiger partial charge in [-0.3, -0.25) is 4.98 Å². The Kier molecular flexibility index (Phi) is 6.87. The summed E-state index contributed by atoms with van der Waals surface area (Å²) < 4.78 is 5.33. The van der Waals surface area contributed by atoms with Crippen LogP contribution in [0.2, 0.25) is 0 Å². The number of aryl methyl sites for hydroxylation is 1. The van der Waals surface area contributed by atoms with Crippen molar-refractivity contribution in [3.8, 4) is 0 Å². The van der Waals surface area contributed by atoms with Gasteiger partial charge in [0.25, 0.3) is 0 Å². The van der Waals surface area contributed by atoms with E-state index in [1.165, 1.54) is 5.56 Å². The average Bonchev–Trinajstić information content (AvgIpc) is 2.69. The van der Waals surface area contributed by atoms with Crippen LogP contribution in [0.4, 0.5) is 4.79 Å². The van der Waals surface area contributed by atoms with Crippen molar-refractivity contribution < 1.29 is 14.6 Å². The number of alkyl carbamates (subject to hydrolysis) is 1. The fourth-order valence-corrected chi connectivity index (χ4v) is 3.64. The lowest BCUT2D eigenvalue weighted by atomic mass is 9.91. The highest BCUT2D eigenvalue weighted by Crippen LogP contribution is 2.28. The number of aromatic nitrogens is 1. The molecule has 0 aliphatic heterocycles. The summed E-state index contributed by atoms with van der Waals surface area (Å²) in [4.78, 5) is 16.6. The van der Waals surface area contributed by atoms with Gasteiger partial charge in [-0.1, -0.05) is 24.3 Å². The van der Waals surface area contributed by atoms with Crippen molar-refractivity contribution in [1.82, 2.24) is 15.6 Å². The van der Waals surface area contributed by atoms with Crippen molar-refractivity contribution in [2.75, 3.05) is 0 Å². The monoisotopic (exact) mass is 397 g/mol. The number of hydrogen-bond donors (Lipinski definition) is 3. The van der Waals surface area contributed by atoms with Crippen molar-refractivity contribution in [1.29, 1.82) is 0 Å². The second-order valence-corrected chi connectivity index (χ2v) is 8.49. The largest absolute Gasteiger partial charge is 0.444 e. The van der Waals surface area contributed by atoms with Crippen LogP contribution in [0.3, 0.4) is 0 Å². The molecule has 156 valence electrons. The SMILES string of the molecule is CC(C)(C)OC(=O)NCc1cc(CO)ccc1CNC1CCCc2cccnc21. The molecule has 3 rings (SSSR count). The van der Waals surface area contributed by atoms with Crippen molar-refractivity contribution in [2.45, 2.75) is 71.4 Å². The number of hydrogen-bond acceptors (Lipinski definition) is 5. The topological polar surface area (TPSA) is 83.5 Å². The number of carbonyl (C=O) groups is 1. The number of aliphatic hydroxyl groups is 1. The number of nitrogens with one attached hydrogen (secondary N) is 2. The number of pyridine rings is 1. The maximum atomic E-state index is 12.0. The third-order valence-corrected chi connectivity index (χ3v) is 5.01. The molecule has 1 atom stereocenters. The van der Waals surface area contributed by atoms with Crippen LogP contribution in [0.1, 0.15) is 67.6 Å².